The molecule has 0 bridgehead atoms. The van der Waals surface area contributed by atoms with Gasteiger partial charge in [0.15, 0.2) is 5.11 Å². The van der Waals surface area contributed by atoms with Crippen LogP contribution in [0.4, 0.5) is 5.69 Å². The number of amides is 1. The third-order valence-corrected chi connectivity index (χ3v) is 6.17. The summed E-state index contributed by atoms with van der Waals surface area (Å²) in [6.45, 7) is 8.81. The number of nitrogens with one attached hydrogen (secondary N) is 2. The van der Waals surface area contributed by atoms with Gasteiger partial charge in [-0.05, 0) is 61.8 Å². The number of hydrogen-bond donors (Lipinski definition) is 2. The van der Waals surface area contributed by atoms with E-state index in [0.29, 0.717) is 46.6 Å². The zero-order valence-electron chi connectivity index (χ0n) is 21.5. The SMILES string of the molecule is CCN1C(=S)NC(c2ccc(NC(=O)c3ccc(OC)cc3OC)cc2)C(C(=O)OCC(C)C)=C1C. The van der Waals surface area contributed by atoms with E-state index in [0.717, 1.165) is 11.3 Å². The van der Waals surface area contributed by atoms with Crippen LogP contribution in [0.5, 0.6) is 11.5 Å². The van der Waals surface area contributed by atoms with Gasteiger partial charge >= 0.3 is 5.97 Å². The lowest BCUT2D eigenvalue weighted by Crippen LogP contribution is -2.47. The summed E-state index contributed by atoms with van der Waals surface area (Å²) in [5, 5.41) is 6.71. The Morgan fingerprint density at radius 3 is 2.39 bits per heavy atom. The lowest BCUT2D eigenvalue weighted by Gasteiger charge is -2.37. The van der Waals surface area contributed by atoms with Crippen LogP contribution in [0.3, 0.4) is 0 Å². The van der Waals surface area contributed by atoms with Gasteiger partial charge in [-0.25, -0.2) is 4.79 Å². The lowest BCUT2D eigenvalue weighted by atomic mass is 9.94. The van der Waals surface area contributed by atoms with E-state index in [1.807, 2.05) is 44.7 Å². The maximum atomic E-state index is 13.1. The third-order valence-electron chi connectivity index (χ3n) is 5.84. The van der Waals surface area contributed by atoms with Crippen molar-refractivity contribution in [3.63, 3.8) is 0 Å². The Morgan fingerprint density at radius 1 is 1.11 bits per heavy atom. The minimum absolute atomic E-state index is 0.223. The fourth-order valence-corrected chi connectivity index (χ4v) is 4.32. The topological polar surface area (TPSA) is 89.1 Å². The van der Waals surface area contributed by atoms with Crippen molar-refractivity contribution in [3.05, 3.63) is 64.9 Å². The van der Waals surface area contributed by atoms with Gasteiger partial charge in [0, 0.05) is 24.0 Å². The summed E-state index contributed by atoms with van der Waals surface area (Å²) in [7, 11) is 3.05. The highest BCUT2D eigenvalue weighted by Crippen LogP contribution is 2.32. The van der Waals surface area contributed by atoms with Crippen LogP contribution in [0.25, 0.3) is 0 Å². The molecule has 0 spiro atoms. The van der Waals surface area contributed by atoms with Crippen LogP contribution >= 0.6 is 12.2 Å². The smallest absolute Gasteiger partial charge is 0.338 e. The number of ether oxygens (including phenoxy) is 3. The molecule has 1 atom stereocenters. The van der Waals surface area contributed by atoms with E-state index < -0.39 is 6.04 Å². The second-order valence-corrected chi connectivity index (χ2v) is 9.15. The number of thiocarbonyl (C=S) groups is 1. The summed E-state index contributed by atoms with van der Waals surface area (Å²) in [5.41, 5.74) is 3.09. The molecule has 0 radical (unpaired) electrons. The van der Waals surface area contributed by atoms with Gasteiger partial charge in [-0.1, -0.05) is 26.0 Å². The van der Waals surface area contributed by atoms with E-state index in [4.69, 9.17) is 26.4 Å². The van der Waals surface area contributed by atoms with Crippen molar-refractivity contribution in [3.8, 4) is 11.5 Å². The predicted octanol–water partition coefficient (Wildman–Crippen LogP) is 4.68. The largest absolute Gasteiger partial charge is 0.497 e. The van der Waals surface area contributed by atoms with Crippen molar-refractivity contribution >= 4 is 34.9 Å². The molecule has 2 aromatic rings. The predicted molar refractivity (Wildman–Crippen MR) is 143 cm³/mol. The van der Waals surface area contributed by atoms with E-state index in [9.17, 15) is 9.59 Å². The number of carbonyl (C=O) groups excluding carboxylic acids is 2. The Labute approximate surface area is 217 Å². The molecule has 9 heteroatoms. The molecule has 0 fully saturated rings. The van der Waals surface area contributed by atoms with Crippen LogP contribution < -0.4 is 20.1 Å². The van der Waals surface area contributed by atoms with E-state index in [1.54, 1.807) is 37.4 Å². The molecule has 1 aliphatic rings. The van der Waals surface area contributed by atoms with Gasteiger partial charge in [0.1, 0.15) is 11.5 Å². The number of anilines is 1. The molecule has 8 nitrogen and oxygen atoms in total. The number of methoxy groups -OCH3 is 2. The standard InChI is InChI=1S/C27H33N3O5S/c1-7-30-17(4)23(26(32)35-15-16(2)3)24(29-27(30)36)18-8-10-19(11-9-18)28-25(31)21-13-12-20(33-5)14-22(21)34-6/h8-14,16,24H,7,15H2,1-6H3,(H,28,31)(H,29,36). The molecule has 36 heavy (non-hydrogen) atoms. The highest BCUT2D eigenvalue weighted by Gasteiger charge is 2.34. The molecule has 1 unspecified atom stereocenters. The monoisotopic (exact) mass is 511 g/mol. The molecule has 1 amide bonds. The Morgan fingerprint density at radius 2 is 1.81 bits per heavy atom. The maximum absolute atomic E-state index is 13.1. The number of hydrogen-bond acceptors (Lipinski definition) is 6. The van der Waals surface area contributed by atoms with Gasteiger partial charge in [0.2, 0.25) is 0 Å². The van der Waals surface area contributed by atoms with Crippen LogP contribution in [-0.2, 0) is 9.53 Å². The van der Waals surface area contributed by atoms with Crippen molar-refractivity contribution in [2.75, 3.05) is 32.7 Å². The summed E-state index contributed by atoms with van der Waals surface area (Å²) in [6.07, 6.45) is 0. The Kier molecular flexibility index (Phi) is 8.93. The van der Waals surface area contributed by atoms with E-state index in [1.165, 1.54) is 7.11 Å². The van der Waals surface area contributed by atoms with Crippen LogP contribution in [-0.4, -0.2) is 49.3 Å². The summed E-state index contributed by atoms with van der Waals surface area (Å²) >= 11 is 5.56. The van der Waals surface area contributed by atoms with Gasteiger partial charge in [-0.2, -0.15) is 0 Å². The highest BCUT2D eigenvalue weighted by atomic mass is 32.1. The Balaban J connectivity index is 1.85. The number of benzene rings is 2. The van der Waals surface area contributed by atoms with Gasteiger partial charge in [0.05, 0.1) is 38.0 Å². The average molecular weight is 512 g/mol. The number of nitrogens with zero attached hydrogens (tertiary/aromatic N) is 1. The van der Waals surface area contributed by atoms with Crippen molar-refractivity contribution in [1.29, 1.82) is 0 Å². The summed E-state index contributed by atoms with van der Waals surface area (Å²) in [5.74, 6) is 0.544. The van der Waals surface area contributed by atoms with Crippen LogP contribution in [0, 0.1) is 5.92 Å². The number of rotatable bonds is 9. The van der Waals surface area contributed by atoms with E-state index >= 15 is 0 Å². The molecule has 0 saturated heterocycles. The van der Waals surface area contributed by atoms with Crippen LogP contribution in [0.1, 0.15) is 49.7 Å². The quantitative estimate of drug-likeness (QED) is 0.371. The second kappa shape index (κ2) is 11.9. The molecule has 0 aliphatic carbocycles. The first kappa shape index (κ1) is 27.0. The van der Waals surface area contributed by atoms with Crippen molar-refractivity contribution in [1.82, 2.24) is 10.2 Å². The van der Waals surface area contributed by atoms with E-state index in [-0.39, 0.29) is 17.8 Å². The zero-order valence-corrected chi connectivity index (χ0v) is 22.3. The highest BCUT2D eigenvalue weighted by molar-refractivity contribution is 7.80. The number of esters is 1. The normalized spacial score (nSPS) is 15.5. The van der Waals surface area contributed by atoms with Crippen molar-refractivity contribution in [2.45, 2.75) is 33.7 Å². The third kappa shape index (κ3) is 5.96. The number of allylic oxidation sites excluding steroid dienone is 1. The minimum Gasteiger partial charge on any atom is -0.497 e. The number of carbonyl (C=O) groups is 2. The molecular formula is C27H33N3O5S. The molecule has 192 valence electrons. The van der Waals surface area contributed by atoms with Crippen LogP contribution in [0.15, 0.2) is 53.7 Å². The molecule has 1 aliphatic heterocycles. The molecule has 0 aromatic heterocycles. The average Bonchev–Trinajstić information content (AvgIpc) is 2.87. The molecule has 1 heterocycles. The molecule has 0 saturated carbocycles. The first-order valence-electron chi connectivity index (χ1n) is 11.8. The fourth-order valence-electron chi connectivity index (χ4n) is 3.94. The van der Waals surface area contributed by atoms with Crippen molar-refractivity contribution < 1.29 is 23.8 Å². The van der Waals surface area contributed by atoms with Gasteiger partial charge in [0.25, 0.3) is 5.91 Å². The minimum atomic E-state index is -0.466. The lowest BCUT2D eigenvalue weighted by molar-refractivity contribution is -0.140. The summed E-state index contributed by atoms with van der Waals surface area (Å²) in [4.78, 5) is 27.8. The van der Waals surface area contributed by atoms with Crippen molar-refractivity contribution in [2.24, 2.45) is 5.92 Å². The van der Waals surface area contributed by atoms with Crippen LogP contribution in [0.2, 0.25) is 0 Å². The van der Waals surface area contributed by atoms with Gasteiger partial charge in [-0.15, -0.1) is 0 Å². The Bertz CT molecular complexity index is 1160. The molecular weight excluding hydrogens is 478 g/mol. The first-order valence-corrected chi connectivity index (χ1v) is 12.2. The maximum Gasteiger partial charge on any atom is 0.338 e. The fraction of sp³-hybridized carbons (Fsp3) is 0.370. The van der Waals surface area contributed by atoms with E-state index in [2.05, 4.69) is 10.6 Å². The summed E-state index contributed by atoms with van der Waals surface area (Å²) < 4.78 is 16.1. The molecule has 2 N–H and O–H groups in total. The first-order chi connectivity index (χ1) is 17.2. The zero-order chi connectivity index (χ0) is 26.4. The van der Waals surface area contributed by atoms with Gasteiger partial charge < -0.3 is 29.7 Å². The Hall–Kier alpha value is -3.59. The molecule has 3 rings (SSSR count). The second-order valence-electron chi connectivity index (χ2n) is 8.76. The molecule has 2 aromatic carbocycles. The van der Waals surface area contributed by atoms with Gasteiger partial charge in [-0.3, -0.25) is 4.79 Å². The summed E-state index contributed by atoms with van der Waals surface area (Å²) in [6, 6.07) is 11.8.